The number of hydrogen-bond donors (Lipinski definition) is 1. The molecule has 0 atom stereocenters. The third kappa shape index (κ3) is 7.99. The number of likely N-dealkylation sites (N-methyl/N-ethyl adjacent to an activating group) is 1. The van der Waals surface area contributed by atoms with E-state index in [0.29, 0.717) is 41.1 Å². The molecule has 0 spiro atoms. The number of nitrogens with one attached hydrogen (secondary N) is 1. The highest BCUT2D eigenvalue weighted by molar-refractivity contribution is 6.03. The van der Waals surface area contributed by atoms with Crippen molar-refractivity contribution in [1.29, 1.82) is 0 Å². The molecular formula is C34H31F6N7O4. The van der Waals surface area contributed by atoms with Crippen molar-refractivity contribution in [2.24, 2.45) is 0 Å². The van der Waals surface area contributed by atoms with Crippen LogP contribution < -0.4 is 19.5 Å². The van der Waals surface area contributed by atoms with Crippen LogP contribution in [0, 0.1) is 17.5 Å². The lowest BCUT2D eigenvalue weighted by Gasteiger charge is -2.32. The van der Waals surface area contributed by atoms with Gasteiger partial charge in [0.2, 0.25) is 0 Å². The largest absolute Gasteiger partial charge is 0.493 e. The van der Waals surface area contributed by atoms with E-state index >= 15 is 4.39 Å². The number of amides is 1. The van der Waals surface area contributed by atoms with Crippen LogP contribution >= 0.6 is 0 Å². The van der Waals surface area contributed by atoms with E-state index in [-0.39, 0.29) is 21.9 Å². The Bertz CT molecular complexity index is 2050. The highest BCUT2D eigenvalue weighted by Gasteiger charge is 2.42. The second-order valence-corrected chi connectivity index (χ2v) is 11.7. The number of carbonyl (C=O) groups is 1. The van der Waals surface area contributed by atoms with Crippen molar-refractivity contribution in [3.05, 3.63) is 89.6 Å². The van der Waals surface area contributed by atoms with Crippen LogP contribution in [0.1, 0.15) is 22.6 Å². The summed E-state index contributed by atoms with van der Waals surface area (Å²) in [7, 11) is 3.60. The number of halogens is 6. The Balaban J connectivity index is 1.15. The normalized spacial score (nSPS) is 14.1. The fraction of sp³-hybridized carbons (Fsp3) is 0.294. The van der Waals surface area contributed by atoms with Gasteiger partial charge in [0.15, 0.2) is 46.1 Å². The number of methoxy groups -OCH3 is 1. The zero-order valence-corrected chi connectivity index (χ0v) is 27.3. The second kappa shape index (κ2) is 14.8. The molecule has 0 radical (unpaired) electrons. The van der Waals surface area contributed by atoms with Gasteiger partial charge in [0.25, 0.3) is 5.91 Å². The van der Waals surface area contributed by atoms with Gasteiger partial charge in [0, 0.05) is 68.2 Å². The molecular weight excluding hydrogens is 684 g/mol. The van der Waals surface area contributed by atoms with Crippen LogP contribution in [0.4, 0.5) is 32.0 Å². The Morgan fingerprint density at radius 2 is 1.67 bits per heavy atom. The number of benzene rings is 3. The van der Waals surface area contributed by atoms with E-state index in [4.69, 9.17) is 14.2 Å². The summed E-state index contributed by atoms with van der Waals surface area (Å²) in [6, 6.07) is 10.0. The highest BCUT2D eigenvalue weighted by Crippen LogP contribution is 2.38. The number of ether oxygens (including phenoxy) is 3. The molecule has 1 fully saturated rings. The molecule has 17 heteroatoms. The fourth-order valence-corrected chi connectivity index (χ4v) is 5.49. The summed E-state index contributed by atoms with van der Waals surface area (Å²) in [4.78, 5) is 22.0. The molecule has 3 aromatic carbocycles. The van der Waals surface area contributed by atoms with Crippen molar-refractivity contribution in [2.75, 3.05) is 58.8 Å². The van der Waals surface area contributed by atoms with Gasteiger partial charge < -0.3 is 29.3 Å². The lowest BCUT2D eigenvalue weighted by molar-refractivity contribution is -0.143. The van der Waals surface area contributed by atoms with Crippen molar-refractivity contribution in [3.63, 3.8) is 0 Å². The van der Waals surface area contributed by atoms with E-state index in [0.717, 1.165) is 51.3 Å². The van der Waals surface area contributed by atoms with Gasteiger partial charge in [-0.15, -0.1) is 5.10 Å². The number of aromatic nitrogens is 4. The van der Waals surface area contributed by atoms with Crippen LogP contribution in [-0.2, 0) is 6.18 Å². The van der Waals surface area contributed by atoms with E-state index in [1.54, 1.807) is 12.1 Å². The predicted octanol–water partition coefficient (Wildman–Crippen LogP) is 6.32. The minimum absolute atomic E-state index is 0.160. The Morgan fingerprint density at radius 1 is 0.882 bits per heavy atom. The Labute approximate surface area is 287 Å². The van der Waals surface area contributed by atoms with Crippen molar-refractivity contribution in [2.45, 2.75) is 12.6 Å². The summed E-state index contributed by atoms with van der Waals surface area (Å²) in [5.41, 5.74) is -3.09. The van der Waals surface area contributed by atoms with Crippen molar-refractivity contribution >= 4 is 22.5 Å². The van der Waals surface area contributed by atoms with E-state index < -0.39 is 46.6 Å². The van der Waals surface area contributed by atoms with Gasteiger partial charge in [-0.05, 0) is 49.9 Å². The second-order valence-electron chi connectivity index (χ2n) is 11.7. The molecule has 0 bridgehead atoms. The van der Waals surface area contributed by atoms with E-state index in [9.17, 15) is 26.7 Å². The average Bonchev–Trinajstić information content (AvgIpc) is 3.56. The SMILES string of the molecule is COc1cc2c(Oc3ccc(NC(=O)c4nnn(-c5ccc(F)c(F)c5)c4C(F)(F)F)cc3F)ccnc2cc1OCCCN1CCN(C)CC1. The molecule has 11 nitrogen and oxygen atoms in total. The quantitative estimate of drug-likeness (QED) is 0.124. The Hall–Kier alpha value is -5.42. The maximum atomic E-state index is 15.3. The molecule has 5 aromatic rings. The van der Waals surface area contributed by atoms with Gasteiger partial charge in [-0.3, -0.25) is 9.78 Å². The van der Waals surface area contributed by atoms with Crippen molar-refractivity contribution in [1.82, 2.24) is 29.8 Å². The Kier molecular flexibility index (Phi) is 10.3. The molecule has 268 valence electrons. The van der Waals surface area contributed by atoms with Crippen LogP contribution in [-0.4, -0.2) is 89.2 Å². The molecule has 1 amide bonds. The fourth-order valence-electron chi connectivity index (χ4n) is 5.49. The summed E-state index contributed by atoms with van der Waals surface area (Å²) in [5, 5.41) is 9.27. The van der Waals surface area contributed by atoms with Crippen molar-refractivity contribution < 1.29 is 45.3 Å². The van der Waals surface area contributed by atoms with E-state index in [1.807, 2.05) is 0 Å². The topological polar surface area (TPSA) is 107 Å². The minimum Gasteiger partial charge on any atom is -0.493 e. The molecule has 1 aliphatic rings. The molecule has 1 aliphatic heterocycles. The molecule has 1 saturated heterocycles. The zero-order chi connectivity index (χ0) is 36.3. The first kappa shape index (κ1) is 35.4. The summed E-state index contributed by atoms with van der Waals surface area (Å²) in [5.74, 6) is -4.20. The third-order valence-corrected chi connectivity index (χ3v) is 8.17. The third-order valence-electron chi connectivity index (χ3n) is 8.17. The van der Waals surface area contributed by atoms with Crippen LogP contribution in [0.25, 0.3) is 16.6 Å². The molecule has 1 N–H and O–H groups in total. The van der Waals surface area contributed by atoms with Gasteiger partial charge >= 0.3 is 6.18 Å². The first-order valence-electron chi connectivity index (χ1n) is 15.7. The maximum Gasteiger partial charge on any atom is 0.435 e. The first-order chi connectivity index (χ1) is 24.4. The van der Waals surface area contributed by atoms with Gasteiger partial charge in [-0.25, -0.2) is 17.9 Å². The van der Waals surface area contributed by atoms with Gasteiger partial charge in [-0.1, -0.05) is 5.21 Å². The number of nitrogens with zero attached hydrogens (tertiary/aromatic N) is 6. The average molecular weight is 716 g/mol. The van der Waals surface area contributed by atoms with Crippen LogP contribution in [0.2, 0.25) is 0 Å². The molecule has 0 unspecified atom stereocenters. The van der Waals surface area contributed by atoms with E-state index in [1.165, 1.54) is 31.5 Å². The number of fused-ring (bicyclic) bond motifs is 1. The van der Waals surface area contributed by atoms with Crippen LogP contribution in [0.3, 0.4) is 0 Å². The standard InChI is InChI=1S/C34H31F6N7O4/c1-45-11-13-46(14-12-45)10-3-15-50-30-19-26-22(18-29(30)49-2)27(8-9-41-26)51-28-7-4-20(16-25(28)37)42-33(48)31-32(34(38,39)40)47(44-43-31)21-5-6-23(35)24(36)17-21/h4-9,16-19H,3,10-15H2,1-2H3,(H,42,48). The highest BCUT2D eigenvalue weighted by atomic mass is 19.4. The smallest absolute Gasteiger partial charge is 0.435 e. The molecule has 2 aromatic heterocycles. The van der Waals surface area contributed by atoms with Crippen LogP contribution in [0.5, 0.6) is 23.0 Å². The molecule has 51 heavy (non-hydrogen) atoms. The number of carbonyl (C=O) groups excluding carboxylic acids is 1. The number of hydrogen-bond acceptors (Lipinski definition) is 9. The summed E-state index contributed by atoms with van der Waals surface area (Å²) >= 11 is 0. The molecule has 0 saturated carbocycles. The van der Waals surface area contributed by atoms with Gasteiger partial charge in [0.1, 0.15) is 5.75 Å². The number of rotatable bonds is 11. The van der Waals surface area contributed by atoms with Crippen LogP contribution in [0.15, 0.2) is 60.8 Å². The summed E-state index contributed by atoms with van der Waals surface area (Å²) in [6.45, 7) is 5.45. The lowest BCUT2D eigenvalue weighted by Crippen LogP contribution is -2.44. The predicted molar refractivity (Wildman–Crippen MR) is 173 cm³/mol. The number of piperazine rings is 1. The monoisotopic (exact) mass is 715 g/mol. The number of alkyl halides is 3. The van der Waals surface area contributed by atoms with Crippen molar-refractivity contribution in [3.8, 4) is 28.7 Å². The lowest BCUT2D eigenvalue weighted by atomic mass is 10.1. The molecule has 0 aliphatic carbocycles. The van der Waals surface area contributed by atoms with E-state index in [2.05, 4.69) is 37.5 Å². The first-order valence-corrected chi connectivity index (χ1v) is 15.7. The molecule has 3 heterocycles. The van der Waals surface area contributed by atoms with Gasteiger partial charge in [0.05, 0.1) is 24.9 Å². The number of anilines is 1. The number of pyridine rings is 1. The molecule has 6 rings (SSSR count). The maximum absolute atomic E-state index is 15.3. The summed E-state index contributed by atoms with van der Waals surface area (Å²) < 4.78 is 102. The Morgan fingerprint density at radius 3 is 2.37 bits per heavy atom. The minimum atomic E-state index is -5.18. The van der Waals surface area contributed by atoms with Gasteiger partial charge in [-0.2, -0.15) is 13.2 Å². The zero-order valence-electron chi connectivity index (χ0n) is 27.3. The summed E-state index contributed by atoms with van der Waals surface area (Å²) in [6.07, 6.45) is -2.89.